The predicted octanol–water partition coefficient (Wildman–Crippen LogP) is 9.21. The van der Waals surface area contributed by atoms with Gasteiger partial charge in [0, 0.05) is 27.8 Å². The van der Waals surface area contributed by atoms with Crippen LogP contribution in [0.2, 0.25) is 0 Å². The molecular weight excluding hydrogens is 673 g/mol. The number of benzene rings is 2. The molecule has 0 N–H and O–H groups in total. The van der Waals surface area contributed by atoms with Crippen LogP contribution in [0.4, 0.5) is 10.0 Å². The third-order valence-electron chi connectivity index (χ3n) is 8.40. The number of nitriles is 3. The van der Waals surface area contributed by atoms with Gasteiger partial charge >= 0.3 is 0 Å². The Morgan fingerprint density at radius 3 is 1.94 bits per heavy atom. The van der Waals surface area contributed by atoms with Crippen molar-refractivity contribution >= 4 is 87.5 Å². The van der Waals surface area contributed by atoms with Crippen molar-refractivity contribution in [1.82, 2.24) is 0 Å². The Morgan fingerprint density at radius 1 is 0.776 bits per heavy atom. The fourth-order valence-corrected chi connectivity index (χ4v) is 9.94. The normalized spacial score (nSPS) is 17.8. The Morgan fingerprint density at radius 2 is 1.35 bits per heavy atom. The second kappa shape index (κ2) is 10.9. The second-order valence-electron chi connectivity index (χ2n) is 11.6. The molecule has 49 heavy (non-hydrogen) atoms. The molecule has 8 rings (SSSR count). The highest BCUT2D eigenvalue weighted by Gasteiger charge is 2.40. The molecule has 9 nitrogen and oxygen atoms in total. The fourth-order valence-electron chi connectivity index (χ4n) is 6.25. The van der Waals surface area contributed by atoms with Gasteiger partial charge in [-0.3, -0.25) is 9.59 Å². The van der Waals surface area contributed by atoms with Gasteiger partial charge in [0.25, 0.3) is 5.70 Å². The Hall–Kier alpha value is -6.28. The summed E-state index contributed by atoms with van der Waals surface area (Å²) in [7, 11) is 0. The highest BCUT2D eigenvalue weighted by atomic mass is 32.1. The number of ether oxygens (including phenoxy) is 1. The first-order valence-electron chi connectivity index (χ1n) is 14.6. The van der Waals surface area contributed by atoms with E-state index in [1.807, 2.05) is 44.2 Å². The maximum absolute atomic E-state index is 13.5. The summed E-state index contributed by atoms with van der Waals surface area (Å²) < 4.78 is 8.34. The molecule has 0 spiro atoms. The summed E-state index contributed by atoms with van der Waals surface area (Å²) in [5.74, 6) is -0.0111. The van der Waals surface area contributed by atoms with Gasteiger partial charge in [-0.15, -0.1) is 34.0 Å². The molecule has 0 atom stereocenters. The number of ketones is 2. The summed E-state index contributed by atoms with van der Waals surface area (Å²) in [6.45, 7) is 11.4. The third-order valence-corrected chi connectivity index (χ3v) is 11.9. The molecule has 3 aliphatic rings. The molecule has 2 aromatic carbocycles. The number of aliphatic imine (C=N–C) groups is 2. The van der Waals surface area contributed by atoms with Gasteiger partial charge in [-0.2, -0.15) is 10.5 Å². The minimum absolute atomic E-state index is 0.0579. The van der Waals surface area contributed by atoms with E-state index in [4.69, 9.17) is 21.3 Å². The van der Waals surface area contributed by atoms with Crippen molar-refractivity contribution < 1.29 is 14.3 Å². The molecule has 0 bridgehead atoms. The number of fused-ring (bicyclic) bond motifs is 7. The minimum atomic E-state index is -0.774. The number of carbonyl (C=O) groups excluding carboxylic acids is 2. The van der Waals surface area contributed by atoms with Gasteiger partial charge in [0.15, 0.2) is 5.75 Å². The van der Waals surface area contributed by atoms with Crippen LogP contribution in [-0.4, -0.2) is 23.0 Å². The topological polar surface area (TPSA) is 144 Å². The van der Waals surface area contributed by atoms with Gasteiger partial charge in [0.05, 0.1) is 31.8 Å². The number of allylic oxidation sites excluding steroid dienone is 4. The first-order chi connectivity index (χ1) is 23.7. The summed E-state index contributed by atoms with van der Waals surface area (Å²) in [5, 5.41) is 30.1. The third kappa shape index (κ3) is 4.37. The number of hydrogen-bond donors (Lipinski definition) is 0. The number of thiophene rings is 3. The largest absolute Gasteiger partial charge is 0.480 e. The Balaban J connectivity index is 1.23. The lowest BCUT2D eigenvalue weighted by atomic mass is 9.95. The second-order valence-corrected chi connectivity index (χ2v) is 14.7. The van der Waals surface area contributed by atoms with E-state index in [2.05, 4.69) is 4.85 Å². The lowest BCUT2D eigenvalue weighted by Gasteiger charge is -2.31. The quantitative estimate of drug-likeness (QED) is 0.134. The van der Waals surface area contributed by atoms with Crippen LogP contribution in [0.25, 0.3) is 35.1 Å². The fraction of sp³-hybridized carbons (Fsp3) is 0.0811. The van der Waals surface area contributed by atoms with E-state index in [0.29, 0.717) is 38.0 Å². The molecular formula is C37H16N6O3S3. The molecule has 4 heterocycles. The predicted molar refractivity (Wildman–Crippen MR) is 190 cm³/mol. The van der Waals surface area contributed by atoms with E-state index in [1.54, 1.807) is 48.5 Å². The van der Waals surface area contributed by atoms with Crippen LogP contribution in [0.5, 0.6) is 5.75 Å². The average molecular weight is 689 g/mol. The van der Waals surface area contributed by atoms with Crippen LogP contribution < -0.4 is 4.74 Å². The number of carbonyl (C=O) groups is 2. The molecule has 3 aromatic heterocycles. The van der Waals surface area contributed by atoms with Crippen molar-refractivity contribution in [1.29, 1.82) is 15.8 Å². The van der Waals surface area contributed by atoms with Crippen molar-refractivity contribution in [3.8, 4) is 33.7 Å². The van der Waals surface area contributed by atoms with Crippen molar-refractivity contribution in [2.45, 2.75) is 19.4 Å². The maximum Gasteiger partial charge on any atom is 0.271 e. The first kappa shape index (κ1) is 30.1. The molecule has 12 heteroatoms. The number of hydrogen-bond acceptors (Lipinski definition) is 11. The molecule has 230 valence electrons. The summed E-state index contributed by atoms with van der Waals surface area (Å²) in [6.07, 6.45) is 0. The molecule has 0 amide bonds. The van der Waals surface area contributed by atoms with E-state index >= 15 is 0 Å². The molecule has 2 aliphatic carbocycles. The maximum atomic E-state index is 13.5. The van der Waals surface area contributed by atoms with Crippen LogP contribution in [0.3, 0.4) is 0 Å². The number of Topliss-reactive ketones (excluding diaryl/α,β-unsaturated/α-hetero) is 2. The zero-order valence-corrected chi connectivity index (χ0v) is 27.9. The van der Waals surface area contributed by atoms with Crippen LogP contribution in [0.1, 0.15) is 51.3 Å². The zero-order valence-electron chi connectivity index (χ0n) is 25.4. The molecule has 0 radical (unpaired) electrons. The van der Waals surface area contributed by atoms with Gasteiger partial charge in [-0.1, -0.05) is 48.5 Å². The van der Waals surface area contributed by atoms with Crippen molar-refractivity contribution in [3.05, 3.63) is 111 Å². The van der Waals surface area contributed by atoms with Crippen LogP contribution in [0, 0.1) is 40.6 Å². The molecule has 1 aliphatic heterocycles. The molecule has 5 aromatic rings. The number of rotatable bonds is 2. The Labute approximate surface area is 290 Å². The van der Waals surface area contributed by atoms with E-state index < -0.39 is 5.60 Å². The Bertz CT molecular complexity index is 2670. The van der Waals surface area contributed by atoms with Crippen LogP contribution in [-0.2, 0) is 5.60 Å². The lowest BCUT2D eigenvalue weighted by Crippen LogP contribution is -2.27. The molecule has 0 fully saturated rings. The van der Waals surface area contributed by atoms with Crippen molar-refractivity contribution in [2.75, 3.05) is 0 Å². The monoisotopic (exact) mass is 688 g/mol. The van der Waals surface area contributed by atoms with Gasteiger partial charge in [-0.25, -0.2) is 20.1 Å². The van der Waals surface area contributed by atoms with Gasteiger partial charge < -0.3 is 4.74 Å². The smallest absolute Gasteiger partial charge is 0.271 e. The number of nitrogens with zero attached hydrogens (tertiary/aromatic N) is 6. The summed E-state index contributed by atoms with van der Waals surface area (Å²) in [5.41, 5.74) is 2.18. The van der Waals surface area contributed by atoms with Gasteiger partial charge in [-0.05, 0) is 37.1 Å². The molecule has 0 saturated carbocycles. The van der Waals surface area contributed by atoms with Crippen LogP contribution in [0.15, 0.2) is 81.9 Å². The van der Waals surface area contributed by atoms with E-state index in [-0.39, 0.29) is 45.4 Å². The first-order valence-corrected chi connectivity index (χ1v) is 17.1. The zero-order chi connectivity index (χ0) is 34.2. The SMILES string of the molecule is [C-]#[N+]C(C#N)=C1C(=Nc2cc3sc4c(c3s2)OC(C)(C)c2cc(N=C3C(=O)c5ccccc5C3=C(C#N)C#N)sc2-4)C(=O)c2ccccc21. The highest BCUT2D eigenvalue weighted by Crippen LogP contribution is 2.59. The van der Waals surface area contributed by atoms with E-state index in [1.165, 1.54) is 34.0 Å². The van der Waals surface area contributed by atoms with Gasteiger partial charge in [0.1, 0.15) is 44.7 Å². The van der Waals surface area contributed by atoms with Crippen LogP contribution >= 0.6 is 34.0 Å². The summed E-state index contributed by atoms with van der Waals surface area (Å²) >= 11 is 4.25. The molecule has 0 saturated heterocycles. The summed E-state index contributed by atoms with van der Waals surface area (Å²) in [4.78, 5) is 41.5. The van der Waals surface area contributed by atoms with Gasteiger partial charge in [0.2, 0.25) is 11.6 Å². The van der Waals surface area contributed by atoms with Crippen molar-refractivity contribution in [2.24, 2.45) is 9.98 Å². The van der Waals surface area contributed by atoms with Crippen molar-refractivity contribution in [3.63, 3.8) is 0 Å². The standard InChI is InChI=1S/C37H16N6O3S3/c1-37(2)22-12-25(42-29-27(17(14-38)15-39)18-8-4-6-10-20(18)31(29)44)48-34(22)36-33(46-37)35-24(47-36)13-26(49-35)43-30-28(23(16-40)41-3)19-9-5-7-11-21(19)32(30)45/h4-13H,1-2H3. The van der Waals surface area contributed by atoms with E-state index in [0.717, 1.165) is 24.7 Å². The average Bonchev–Trinajstić information content (AvgIpc) is 3.90. The Kier molecular flexibility index (Phi) is 6.68. The lowest BCUT2D eigenvalue weighted by molar-refractivity contribution is 0.106. The minimum Gasteiger partial charge on any atom is -0.480 e. The molecule has 0 unspecified atom stereocenters. The van der Waals surface area contributed by atoms with E-state index in [9.17, 15) is 25.4 Å². The highest BCUT2D eigenvalue weighted by molar-refractivity contribution is 7.33. The summed E-state index contributed by atoms with van der Waals surface area (Å²) in [6, 6.07) is 23.3.